The first-order valence-corrected chi connectivity index (χ1v) is 8.76. The van der Waals surface area contributed by atoms with Crippen LogP contribution in [0.1, 0.15) is 11.1 Å². The summed E-state index contributed by atoms with van der Waals surface area (Å²) in [5, 5.41) is 4.45. The van der Waals surface area contributed by atoms with Crippen molar-refractivity contribution in [1.29, 1.82) is 0 Å². The van der Waals surface area contributed by atoms with E-state index in [2.05, 4.69) is 10.00 Å². The van der Waals surface area contributed by atoms with Gasteiger partial charge in [-0.3, -0.25) is 9.69 Å². The van der Waals surface area contributed by atoms with Gasteiger partial charge in [0.05, 0.1) is 27.2 Å². The van der Waals surface area contributed by atoms with E-state index in [1.807, 2.05) is 18.2 Å². The molecule has 0 bridgehead atoms. The molecule has 0 N–H and O–H groups in total. The van der Waals surface area contributed by atoms with E-state index in [4.69, 9.17) is 13.9 Å². The molecule has 3 heterocycles. The van der Waals surface area contributed by atoms with Gasteiger partial charge in [-0.1, -0.05) is 0 Å². The lowest BCUT2D eigenvalue weighted by atomic mass is 9.99. The number of hydrogen-bond donors (Lipinski definition) is 0. The van der Waals surface area contributed by atoms with E-state index in [-0.39, 0.29) is 5.56 Å². The molecule has 0 amide bonds. The first kappa shape index (κ1) is 17.4. The topological polar surface area (TPSA) is 69.7 Å². The first-order valence-electron chi connectivity index (χ1n) is 8.76. The minimum absolute atomic E-state index is 0.136. The predicted molar refractivity (Wildman–Crippen MR) is 99.9 cm³/mol. The smallest absolute Gasteiger partial charge is 0.268 e. The van der Waals surface area contributed by atoms with Gasteiger partial charge in [-0.25, -0.2) is 4.68 Å². The van der Waals surface area contributed by atoms with Crippen molar-refractivity contribution in [2.45, 2.75) is 19.6 Å². The lowest BCUT2D eigenvalue weighted by Crippen LogP contribution is -2.37. The second-order valence-corrected chi connectivity index (χ2v) is 6.45. The largest absolute Gasteiger partial charge is 0.493 e. The molecule has 7 nitrogen and oxygen atoms in total. The van der Waals surface area contributed by atoms with Crippen molar-refractivity contribution in [2.24, 2.45) is 0 Å². The molecular formula is C20H21N3O4. The molecule has 0 aliphatic carbocycles. The number of nitrogens with zero attached hydrogens (tertiary/aromatic N) is 3. The fraction of sp³-hybridized carbons (Fsp3) is 0.300. The van der Waals surface area contributed by atoms with Crippen molar-refractivity contribution >= 4 is 0 Å². The Morgan fingerprint density at radius 3 is 2.59 bits per heavy atom. The van der Waals surface area contributed by atoms with Crippen LogP contribution in [0, 0.1) is 0 Å². The Labute approximate surface area is 156 Å². The molecule has 3 aromatic rings. The Hall–Kier alpha value is -3.06. The monoisotopic (exact) mass is 367 g/mol. The highest BCUT2D eigenvalue weighted by Crippen LogP contribution is 2.33. The highest BCUT2D eigenvalue weighted by molar-refractivity contribution is 5.50. The third kappa shape index (κ3) is 3.46. The van der Waals surface area contributed by atoms with Gasteiger partial charge < -0.3 is 13.9 Å². The molecule has 0 spiro atoms. The third-order valence-electron chi connectivity index (χ3n) is 4.77. The number of benzene rings is 1. The Bertz CT molecular complexity index is 995. The summed E-state index contributed by atoms with van der Waals surface area (Å²) in [6, 6.07) is 10.9. The number of aromatic nitrogens is 2. The van der Waals surface area contributed by atoms with Gasteiger partial charge in [0.2, 0.25) is 0 Å². The maximum atomic E-state index is 12.3. The van der Waals surface area contributed by atoms with Gasteiger partial charge in [0, 0.05) is 19.2 Å². The lowest BCUT2D eigenvalue weighted by molar-refractivity contribution is 0.185. The van der Waals surface area contributed by atoms with E-state index >= 15 is 0 Å². The van der Waals surface area contributed by atoms with Crippen molar-refractivity contribution < 1.29 is 13.9 Å². The summed E-state index contributed by atoms with van der Waals surface area (Å²) in [6.45, 7) is 1.97. The second kappa shape index (κ2) is 7.28. The predicted octanol–water partition coefficient (Wildman–Crippen LogP) is 2.54. The van der Waals surface area contributed by atoms with E-state index in [9.17, 15) is 4.79 Å². The first-order chi connectivity index (χ1) is 13.2. The average Bonchev–Trinajstić information content (AvgIpc) is 3.23. The summed E-state index contributed by atoms with van der Waals surface area (Å²) in [7, 11) is 3.28. The van der Waals surface area contributed by atoms with E-state index in [0.29, 0.717) is 23.9 Å². The summed E-state index contributed by atoms with van der Waals surface area (Å²) in [4.78, 5) is 14.4. The molecule has 4 rings (SSSR count). The summed E-state index contributed by atoms with van der Waals surface area (Å²) >= 11 is 0. The summed E-state index contributed by atoms with van der Waals surface area (Å²) < 4.78 is 17.7. The molecule has 7 heteroatoms. The van der Waals surface area contributed by atoms with E-state index in [1.54, 1.807) is 32.6 Å². The lowest BCUT2D eigenvalue weighted by Gasteiger charge is -2.29. The van der Waals surface area contributed by atoms with Crippen molar-refractivity contribution in [3.8, 4) is 23.0 Å². The van der Waals surface area contributed by atoms with Crippen LogP contribution in [0.5, 0.6) is 11.5 Å². The summed E-state index contributed by atoms with van der Waals surface area (Å²) in [5.41, 5.74) is 2.93. The highest BCUT2D eigenvalue weighted by atomic mass is 16.5. The van der Waals surface area contributed by atoms with E-state index < -0.39 is 0 Å². The third-order valence-corrected chi connectivity index (χ3v) is 4.77. The van der Waals surface area contributed by atoms with Crippen molar-refractivity contribution in [3.63, 3.8) is 0 Å². The Morgan fingerprint density at radius 1 is 1.11 bits per heavy atom. The number of ether oxygens (including phenoxy) is 2. The van der Waals surface area contributed by atoms with Gasteiger partial charge in [-0.2, -0.15) is 5.10 Å². The van der Waals surface area contributed by atoms with Crippen LogP contribution < -0.4 is 15.0 Å². The van der Waals surface area contributed by atoms with Crippen LogP contribution in [0.25, 0.3) is 11.5 Å². The van der Waals surface area contributed by atoms with Crippen LogP contribution in [0.2, 0.25) is 0 Å². The molecule has 1 aromatic carbocycles. The van der Waals surface area contributed by atoms with Gasteiger partial charge in [0.25, 0.3) is 5.56 Å². The number of methoxy groups -OCH3 is 2. The highest BCUT2D eigenvalue weighted by Gasteiger charge is 2.20. The SMILES string of the molecule is COc1cc2c(cc1OC)CN(Cn1nc(-c3ccco3)ccc1=O)CC2. The van der Waals surface area contributed by atoms with Crippen LogP contribution in [0.4, 0.5) is 0 Å². The fourth-order valence-corrected chi connectivity index (χ4v) is 3.36. The molecule has 0 unspecified atom stereocenters. The van der Waals surface area contributed by atoms with Gasteiger partial charge >= 0.3 is 0 Å². The Morgan fingerprint density at radius 2 is 1.89 bits per heavy atom. The minimum Gasteiger partial charge on any atom is -0.493 e. The molecule has 1 aliphatic heterocycles. The standard InChI is InChI=1S/C20H21N3O4/c1-25-18-10-14-7-8-22(12-15(14)11-19(18)26-2)13-23-20(24)6-5-16(21-23)17-4-3-9-27-17/h3-6,9-11H,7-8,12-13H2,1-2H3. The fourth-order valence-electron chi connectivity index (χ4n) is 3.36. The minimum atomic E-state index is -0.136. The zero-order valence-electron chi connectivity index (χ0n) is 15.3. The zero-order valence-corrected chi connectivity index (χ0v) is 15.3. The van der Waals surface area contributed by atoms with E-state index in [0.717, 1.165) is 25.3 Å². The molecule has 0 radical (unpaired) electrons. The second-order valence-electron chi connectivity index (χ2n) is 6.45. The number of hydrogen-bond acceptors (Lipinski definition) is 6. The van der Waals surface area contributed by atoms with Gasteiger partial charge in [-0.05, 0) is 47.9 Å². The van der Waals surface area contributed by atoms with Crippen LogP contribution in [0.15, 0.2) is 51.9 Å². The van der Waals surface area contributed by atoms with Crippen LogP contribution >= 0.6 is 0 Å². The summed E-state index contributed by atoms with van der Waals surface area (Å²) in [5.74, 6) is 2.10. The van der Waals surface area contributed by atoms with Crippen LogP contribution in [-0.4, -0.2) is 35.4 Å². The van der Waals surface area contributed by atoms with Crippen LogP contribution in [-0.2, 0) is 19.6 Å². The van der Waals surface area contributed by atoms with Crippen molar-refractivity contribution in [2.75, 3.05) is 20.8 Å². The molecule has 0 fully saturated rings. The average molecular weight is 367 g/mol. The zero-order chi connectivity index (χ0) is 18.8. The van der Waals surface area contributed by atoms with Crippen molar-refractivity contribution in [3.05, 3.63) is 64.1 Å². The molecule has 1 aliphatic rings. The van der Waals surface area contributed by atoms with Crippen molar-refractivity contribution in [1.82, 2.24) is 14.7 Å². The quantitative estimate of drug-likeness (QED) is 0.690. The maximum Gasteiger partial charge on any atom is 0.268 e. The number of fused-ring (bicyclic) bond motifs is 1. The van der Waals surface area contributed by atoms with Gasteiger partial charge in [-0.15, -0.1) is 0 Å². The molecule has 2 aromatic heterocycles. The Kier molecular flexibility index (Phi) is 4.68. The van der Waals surface area contributed by atoms with Crippen LogP contribution in [0.3, 0.4) is 0 Å². The summed E-state index contributed by atoms with van der Waals surface area (Å²) in [6.07, 6.45) is 2.47. The molecular weight excluding hydrogens is 346 g/mol. The molecule has 0 atom stereocenters. The normalized spacial score (nSPS) is 14.0. The molecule has 0 saturated heterocycles. The van der Waals surface area contributed by atoms with Gasteiger partial charge in [0.15, 0.2) is 17.3 Å². The van der Waals surface area contributed by atoms with Gasteiger partial charge in [0.1, 0.15) is 5.69 Å². The molecule has 140 valence electrons. The maximum absolute atomic E-state index is 12.3. The Balaban J connectivity index is 1.57. The number of rotatable bonds is 5. The number of furan rings is 1. The molecule has 27 heavy (non-hydrogen) atoms. The van der Waals surface area contributed by atoms with E-state index in [1.165, 1.54) is 21.9 Å². The molecule has 0 saturated carbocycles.